The largest absolute Gasteiger partial charge is 0.508 e. The second-order valence-corrected chi connectivity index (χ2v) is 13.2. The third-order valence-electron chi connectivity index (χ3n) is 8.72. The van der Waals surface area contributed by atoms with E-state index in [0.717, 1.165) is 15.4 Å². The minimum atomic E-state index is -1.97. The molecule has 0 radical (unpaired) electrons. The van der Waals surface area contributed by atoms with E-state index in [1.807, 2.05) is 13.0 Å². The van der Waals surface area contributed by atoms with Crippen molar-refractivity contribution < 1.29 is 24.3 Å². The molecule has 7 nitrogen and oxygen atoms in total. The molecule has 4 aliphatic rings. The summed E-state index contributed by atoms with van der Waals surface area (Å²) in [5.41, 5.74) is 2.03. The molecule has 2 aliphatic carbocycles. The molecule has 2 heterocycles. The highest BCUT2D eigenvalue weighted by atomic mass is 79.9. The summed E-state index contributed by atoms with van der Waals surface area (Å²) in [5.74, 6) is -5.51. The SMILES string of the molecule is Cc1ccc(N2C(=O)[C@H]3[C@H](CC=C4[C@H]3C[C@@]3(Cl)C(=O)N(CBr)C(=O)[C@@]3(Cl)[C@H]4c3ccc(O)cc3Cl)C2=O)cc1Cl. The Morgan fingerprint density at radius 3 is 2.35 bits per heavy atom. The van der Waals surface area contributed by atoms with Crippen molar-refractivity contribution in [3.05, 3.63) is 69.2 Å². The number of aryl methyl sites for hydroxylation is 1. The van der Waals surface area contributed by atoms with Crippen LogP contribution in [-0.4, -0.2) is 48.8 Å². The number of hydrogen-bond donors (Lipinski definition) is 1. The number of anilines is 1. The Labute approximate surface area is 258 Å². The van der Waals surface area contributed by atoms with E-state index in [0.29, 0.717) is 21.8 Å². The van der Waals surface area contributed by atoms with E-state index in [4.69, 9.17) is 46.4 Å². The zero-order chi connectivity index (χ0) is 28.9. The first-order valence-corrected chi connectivity index (χ1v) is 15.1. The molecule has 0 unspecified atom stereocenters. The molecule has 3 fully saturated rings. The smallest absolute Gasteiger partial charge is 0.254 e. The number of nitrogens with zero attached hydrogens (tertiary/aromatic N) is 2. The third kappa shape index (κ3) is 3.56. The summed E-state index contributed by atoms with van der Waals surface area (Å²) in [6.45, 7) is 1.82. The van der Waals surface area contributed by atoms with Gasteiger partial charge in [-0.3, -0.25) is 24.1 Å². The van der Waals surface area contributed by atoms with Crippen molar-refractivity contribution in [1.29, 1.82) is 0 Å². The number of amides is 4. The summed E-state index contributed by atoms with van der Waals surface area (Å²) in [5, 5.41) is 10.6. The monoisotopic (exact) mass is 684 g/mol. The molecule has 0 bridgehead atoms. The molecule has 0 aromatic heterocycles. The highest BCUT2D eigenvalue weighted by molar-refractivity contribution is 9.09. The molecule has 1 saturated carbocycles. The quantitative estimate of drug-likeness (QED) is 0.187. The predicted molar refractivity (Wildman–Crippen MR) is 155 cm³/mol. The molecule has 12 heteroatoms. The number of phenolic OH excluding ortho intramolecular Hbond substituents is 1. The van der Waals surface area contributed by atoms with Gasteiger partial charge in [-0.25, -0.2) is 4.90 Å². The Morgan fingerprint density at radius 2 is 1.70 bits per heavy atom. The predicted octanol–water partition coefficient (Wildman–Crippen LogP) is 5.92. The van der Waals surface area contributed by atoms with Gasteiger partial charge in [0.2, 0.25) is 11.8 Å². The zero-order valence-electron chi connectivity index (χ0n) is 20.8. The van der Waals surface area contributed by atoms with Gasteiger partial charge in [0.1, 0.15) is 5.75 Å². The number of benzene rings is 2. The first-order valence-electron chi connectivity index (χ1n) is 12.5. The van der Waals surface area contributed by atoms with E-state index in [-0.39, 0.29) is 35.0 Å². The number of carbonyl (C=O) groups is 4. The normalized spacial score (nSPS) is 33.2. The number of aromatic hydroxyl groups is 1. The fraction of sp³-hybridized carbons (Fsp3) is 0.357. The molecule has 0 spiro atoms. The zero-order valence-corrected chi connectivity index (χ0v) is 25.4. The lowest BCUT2D eigenvalue weighted by atomic mass is 9.56. The van der Waals surface area contributed by atoms with Crippen LogP contribution >= 0.6 is 62.3 Å². The Kier molecular flexibility index (Phi) is 6.63. The van der Waals surface area contributed by atoms with Crippen LogP contribution in [0.15, 0.2) is 48.0 Å². The van der Waals surface area contributed by atoms with Crippen LogP contribution in [0.2, 0.25) is 10.0 Å². The first-order chi connectivity index (χ1) is 18.9. The molecular weight excluding hydrogens is 666 g/mol. The number of hydrogen-bond acceptors (Lipinski definition) is 5. The second kappa shape index (κ2) is 9.46. The maximum absolute atomic E-state index is 14.0. The van der Waals surface area contributed by atoms with E-state index < -0.39 is 51.1 Å². The van der Waals surface area contributed by atoms with Crippen LogP contribution < -0.4 is 4.90 Å². The number of likely N-dealkylation sites (tertiary alicyclic amines) is 1. The van der Waals surface area contributed by atoms with Gasteiger partial charge >= 0.3 is 0 Å². The standard InChI is InChI=1S/C28H21BrCl4N2O5/c1-12-2-3-13(8-19(12)30)35-23(37)17-7-6-15-18(21(17)24(35)38)10-27(32)25(39)34(11-29)26(40)28(27,33)22(15)16-5-4-14(36)9-20(16)31/h2-6,8-9,17-18,21-22,36H,7,10-11H2,1H3/t17-,18+,21-,22+,27+,28-/m0/s1. The lowest BCUT2D eigenvalue weighted by molar-refractivity contribution is -0.138. The van der Waals surface area contributed by atoms with Gasteiger partial charge < -0.3 is 5.11 Å². The third-order valence-corrected chi connectivity index (χ3v) is 11.4. The molecule has 4 amide bonds. The maximum Gasteiger partial charge on any atom is 0.254 e. The summed E-state index contributed by atoms with van der Waals surface area (Å²) >= 11 is 30.5. The molecule has 1 N–H and O–H groups in total. The van der Waals surface area contributed by atoms with Crippen LogP contribution in [-0.2, 0) is 19.2 Å². The highest BCUT2D eigenvalue weighted by Gasteiger charge is 2.76. The van der Waals surface area contributed by atoms with E-state index in [1.165, 1.54) is 18.2 Å². The van der Waals surface area contributed by atoms with Crippen molar-refractivity contribution >= 4 is 91.6 Å². The topological polar surface area (TPSA) is 95.0 Å². The van der Waals surface area contributed by atoms with Gasteiger partial charge in [0.15, 0.2) is 9.75 Å². The minimum Gasteiger partial charge on any atom is -0.508 e. The summed E-state index contributed by atoms with van der Waals surface area (Å²) in [6.07, 6.45) is 1.91. The van der Waals surface area contributed by atoms with E-state index in [9.17, 15) is 24.3 Å². The van der Waals surface area contributed by atoms with Gasteiger partial charge in [0, 0.05) is 16.0 Å². The van der Waals surface area contributed by atoms with Crippen molar-refractivity contribution in [3.8, 4) is 5.75 Å². The first kappa shape index (κ1) is 28.0. The van der Waals surface area contributed by atoms with E-state index in [1.54, 1.807) is 18.2 Å². The molecule has 2 aromatic rings. The summed E-state index contributed by atoms with van der Waals surface area (Å²) < 4.78 is 0. The van der Waals surface area contributed by atoms with Gasteiger partial charge in [0.05, 0.1) is 23.0 Å². The van der Waals surface area contributed by atoms with Gasteiger partial charge in [-0.1, -0.05) is 62.9 Å². The van der Waals surface area contributed by atoms with Crippen molar-refractivity contribution in [2.75, 3.05) is 10.4 Å². The van der Waals surface area contributed by atoms with Crippen molar-refractivity contribution in [2.45, 2.75) is 35.4 Å². The number of alkyl halides is 3. The van der Waals surface area contributed by atoms with Gasteiger partial charge in [0.25, 0.3) is 11.8 Å². The fourth-order valence-corrected chi connectivity index (χ4v) is 8.70. The van der Waals surface area contributed by atoms with Crippen LogP contribution in [0.4, 0.5) is 5.69 Å². The molecule has 6 rings (SSSR count). The number of allylic oxidation sites excluding steroid dienone is 2. The van der Waals surface area contributed by atoms with Crippen molar-refractivity contribution in [2.24, 2.45) is 17.8 Å². The molecule has 208 valence electrons. The van der Waals surface area contributed by atoms with Crippen molar-refractivity contribution in [3.63, 3.8) is 0 Å². The lowest BCUT2D eigenvalue weighted by Crippen LogP contribution is -2.60. The average Bonchev–Trinajstić information content (AvgIpc) is 3.24. The number of fused-ring (bicyclic) bond motifs is 4. The van der Waals surface area contributed by atoms with Crippen LogP contribution in [0.25, 0.3) is 0 Å². The molecular formula is C28H21BrCl4N2O5. The Bertz CT molecular complexity index is 1570. The molecule has 40 heavy (non-hydrogen) atoms. The number of phenols is 1. The maximum atomic E-state index is 14.0. The summed E-state index contributed by atoms with van der Waals surface area (Å²) in [7, 11) is 0. The van der Waals surface area contributed by atoms with Crippen LogP contribution in [0.1, 0.15) is 29.9 Å². The highest BCUT2D eigenvalue weighted by Crippen LogP contribution is 2.66. The Hall–Kier alpha value is -2.10. The number of halogens is 5. The van der Waals surface area contributed by atoms with Crippen LogP contribution in [0.5, 0.6) is 5.75 Å². The number of carbonyl (C=O) groups excluding carboxylic acids is 4. The Morgan fingerprint density at radius 1 is 0.975 bits per heavy atom. The van der Waals surface area contributed by atoms with E-state index in [2.05, 4.69) is 15.9 Å². The molecule has 2 saturated heterocycles. The molecule has 2 aromatic carbocycles. The van der Waals surface area contributed by atoms with E-state index >= 15 is 0 Å². The Balaban J connectivity index is 1.52. The lowest BCUT2D eigenvalue weighted by Gasteiger charge is -2.51. The molecule has 6 atom stereocenters. The van der Waals surface area contributed by atoms with Crippen LogP contribution in [0.3, 0.4) is 0 Å². The minimum absolute atomic E-state index is 0.0977. The number of imide groups is 2. The second-order valence-electron chi connectivity index (χ2n) is 10.6. The van der Waals surface area contributed by atoms with Crippen LogP contribution in [0, 0.1) is 24.7 Å². The van der Waals surface area contributed by atoms with Gasteiger partial charge in [-0.2, -0.15) is 0 Å². The molecule has 2 aliphatic heterocycles. The summed E-state index contributed by atoms with van der Waals surface area (Å²) in [4.78, 5) is 53.3. The average molecular weight is 687 g/mol. The fourth-order valence-electron chi connectivity index (χ4n) is 6.82. The summed E-state index contributed by atoms with van der Waals surface area (Å²) in [6, 6.07) is 9.25. The van der Waals surface area contributed by atoms with Gasteiger partial charge in [-0.05, 0) is 61.1 Å². The van der Waals surface area contributed by atoms with Crippen molar-refractivity contribution in [1.82, 2.24) is 4.90 Å². The number of rotatable bonds is 3. The van der Waals surface area contributed by atoms with Gasteiger partial charge in [-0.15, -0.1) is 23.2 Å².